The maximum Gasteiger partial charge on any atom is 0.0477 e. The third-order valence-corrected chi connectivity index (χ3v) is 3.18. The minimum Gasteiger partial charge on any atom is -0.351 e. The highest BCUT2D eigenvalue weighted by molar-refractivity contribution is 5.81. The van der Waals surface area contributed by atoms with E-state index < -0.39 is 0 Å². The highest BCUT2D eigenvalue weighted by atomic mass is 14.9. The van der Waals surface area contributed by atoms with Crippen LogP contribution in [0.25, 0.3) is 10.9 Å². The van der Waals surface area contributed by atoms with Crippen LogP contribution in [0.1, 0.15) is 17.9 Å². The third kappa shape index (κ3) is 1.07. The van der Waals surface area contributed by atoms with Gasteiger partial charge in [-0.3, -0.25) is 0 Å². The van der Waals surface area contributed by atoms with Crippen molar-refractivity contribution >= 4 is 10.9 Å². The highest BCUT2D eigenvalue weighted by Gasteiger charge is 2.34. The van der Waals surface area contributed by atoms with Crippen LogP contribution in [0.4, 0.5) is 0 Å². The Balaban J connectivity index is 2.12. The van der Waals surface area contributed by atoms with E-state index in [-0.39, 0.29) is 0 Å². The van der Waals surface area contributed by atoms with Crippen LogP contribution in [0, 0.1) is 0 Å². The van der Waals surface area contributed by atoms with Crippen molar-refractivity contribution in [3.05, 3.63) is 36.0 Å². The summed E-state index contributed by atoms with van der Waals surface area (Å²) in [6, 6.07) is 9.23. The first-order valence-electron chi connectivity index (χ1n) is 5.06. The summed E-state index contributed by atoms with van der Waals surface area (Å²) in [5, 5.41) is 1.32. The number of fused-ring (bicyclic) bond motifs is 1. The Hall–Kier alpha value is -1.28. The van der Waals surface area contributed by atoms with Gasteiger partial charge in [0.15, 0.2) is 0 Å². The summed E-state index contributed by atoms with van der Waals surface area (Å²) in [6.07, 6.45) is 3.25. The molecule has 0 radical (unpaired) electrons. The third-order valence-electron chi connectivity index (χ3n) is 3.18. The van der Waals surface area contributed by atoms with Crippen molar-refractivity contribution in [2.75, 3.05) is 0 Å². The number of rotatable bonds is 1. The van der Waals surface area contributed by atoms with E-state index in [0.29, 0.717) is 12.0 Å². The quantitative estimate of drug-likeness (QED) is 0.725. The van der Waals surface area contributed by atoms with Crippen molar-refractivity contribution in [3.8, 4) is 0 Å². The molecule has 0 spiro atoms. The van der Waals surface area contributed by atoms with Crippen molar-refractivity contribution in [3.63, 3.8) is 0 Å². The molecule has 2 nitrogen and oxygen atoms in total. The van der Waals surface area contributed by atoms with Crippen molar-refractivity contribution in [2.24, 2.45) is 12.8 Å². The summed E-state index contributed by atoms with van der Waals surface area (Å²) in [7, 11) is 2.07. The Kier molecular flexibility index (Phi) is 1.50. The van der Waals surface area contributed by atoms with Gasteiger partial charge in [-0.05, 0) is 35.6 Å². The molecule has 1 aliphatic carbocycles. The molecule has 2 N–H and O–H groups in total. The van der Waals surface area contributed by atoms with Gasteiger partial charge in [-0.1, -0.05) is 6.07 Å². The second-order valence-corrected chi connectivity index (χ2v) is 4.25. The van der Waals surface area contributed by atoms with Crippen LogP contribution in [0.2, 0.25) is 0 Å². The molecular weight excluding hydrogens is 172 g/mol. The van der Waals surface area contributed by atoms with Crippen LogP contribution >= 0.6 is 0 Å². The summed E-state index contributed by atoms with van der Waals surface area (Å²) >= 11 is 0. The smallest absolute Gasteiger partial charge is 0.0477 e. The zero-order chi connectivity index (χ0) is 9.71. The monoisotopic (exact) mass is 186 g/mol. The molecule has 2 atom stereocenters. The lowest BCUT2D eigenvalue weighted by Gasteiger charge is -2.00. The lowest BCUT2D eigenvalue weighted by Crippen LogP contribution is -2.00. The summed E-state index contributed by atoms with van der Waals surface area (Å²) in [5.41, 5.74) is 8.54. The van der Waals surface area contributed by atoms with E-state index in [1.165, 1.54) is 16.5 Å². The van der Waals surface area contributed by atoms with Crippen LogP contribution in [-0.4, -0.2) is 10.6 Å². The number of aryl methyl sites for hydroxylation is 1. The van der Waals surface area contributed by atoms with Gasteiger partial charge >= 0.3 is 0 Å². The molecule has 3 rings (SSSR count). The second-order valence-electron chi connectivity index (χ2n) is 4.25. The highest BCUT2D eigenvalue weighted by Crippen LogP contribution is 2.39. The van der Waals surface area contributed by atoms with E-state index >= 15 is 0 Å². The Morgan fingerprint density at radius 2 is 2.14 bits per heavy atom. The molecule has 0 amide bonds. The number of hydrogen-bond acceptors (Lipinski definition) is 1. The molecule has 1 fully saturated rings. The van der Waals surface area contributed by atoms with Gasteiger partial charge in [0.2, 0.25) is 0 Å². The average molecular weight is 186 g/mol. The van der Waals surface area contributed by atoms with Crippen LogP contribution in [0.15, 0.2) is 30.5 Å². The Morgan fingerprint density at radius 3 is 2.86 bits per heavy atom. The van der Waals surface area contributed by atoms with E-state index in [9.17, 15) is 0 Å². The predicted molar refractivity (Wildman–Crippen MR) is 58.3 cm³/mol. The average Bonchev–Trinajstić information content (AvgIpc) is 2.80. The van der Waals surface area contributed by atoms with Crippen molar-refractivity contribution < 1.29 is 0 Å². The van der Waals surface area contributed by atoms with Crippen LogP contribution in [-0.2, 0) is 7.05 Å². The standard InChI is InChI=1S/C12H14N2/c1-14-5-4-9-6-8(2-3-12(9)14)10-7-11(10)13/h2-6,10-11H,7,13H2,1H3. The van der Waals surface area contributed by atoms with E-state index in [1.54, 1.807) is 0 Å². The van der Waals surface area contributed by atoms with Gasteiger partial charge in [0.1, 0.15) is 0 Å². The van der Waals surface area contributed by atoms with Gasteiger partial charge in [-0.25, -0.2) is 0 Å². The molecule has 72 valence electrons. The summed E-state index contributed by atoms with van der Waals surface area (Å²) < 4.78 is 2.14. The molecular formula is C12H14N2. The van der Waals surface area contributed by atoms with E-state index in [4.69, 9.17) is 5.73 Å². The zero-order valence-corrected chi connectivity index (χ0v) is 8.27. The Bertz CT molecular complexity index is 484. The number of nitrogens with zero attached hydrogens (tertiary/aromatic N) is 1. The number of hydrogen-bond donors (Lipinski definition) is 1. The van der Waals surface area contributed by atoms with Gasteiger partial charge in [0.05, 0.1) is 0 Å². The largest absolute Gasteiger partial charge is 0.351 e. The van der Waals surface area contributed by atoms with Gasteiger partial charge in [-0.2, -0.15) is 0 Å². The second kappa shape index (κ2) is 2.61. The lowest BCUT2D eigenvalue weighted by atomic mass is 10.1. The summed E-state index contributed by atoms with van der Waals surface area (Å²) in [5.74, 6) is 0.611. The van der Waals surface area contributed by atoms with E-state index in [2.05, 4.69) is 42.1 Å². The maximum atomic E-state index is 5.84. The van der Waals surface area contributed by atoms with Gasteiger partial charge < -0.3 is 10.3 Å². The zero-order valence-electron chi connectivity index (χ0n) is 8.27. The molecule has 1 saturated carbocycles. The SMILES string of the molecule is Cn1ccc2cc(C3CC3N)ccc21. The fraction of sp³-hybridized carbons (Fsp3) is 0.333. The first kappa shape index (κ1) is 8.06. The summed E-state index contributed by atoms with van der Waals surface area (Å²) in [4.78, 5) is 0. The molecule has 2 unspecified atom stereocenters. The molecule has 0 saturated heterocycles. The summed E-state index contributed by atoms with van der Waals surface area (Å²) in [6.45, 7) is 0. The van der Waals surface area contributed by atoms with Gasteiger partial charge in [0.25, 0.3) is 0 Å². The number of nitrogens with two attached hydrogens (primary N) is 1. The maximum absolute atomic E-state index is 5.84. The van der Waals surface area contributed by atoms with E-state index in [1.807, 2.05) is 0 Å². The topological polar surface area (TPSA) is 30.9 Å². The van der Waals surface area contributed by atoms with Crippen molar-refractivity contribution in [2.45, 2.75) is 18.4 Å². The Labute approximate surface area is 83.3 Å². The minimum atomic E-state index is 0.399. The van der Waals surface area contributed by atoms with Gasteiger partial charge in [-0.15, -0.1) is 0 Å². The first-order valence-corrected chi connectivity index (χ1v) is 5.06. The molecule has 0 bridgehead atoms. The van der Waals surface area contributed by atoms with Crippen LogP contribution in [0.3, 0.4) is 0 Å². The predicted octanol–water partition coefficient (Wildman–Crippen LogP) is 1.99. The lowest BCUT2D eigenvalue weighted by molar-refractivity contribution is 0.966. The number of benzene rings is 1. The minimum absolute atomic E-state index is 0.399. The molecule has 1 aromatic heterocycles. The molecule has 2 aromatic rings. The fourth-order valence-electron chi connectivity index (χ4n) is 2.13. The Morgan fingerprint density at radius 1 is 1.36 bits per heavy atom. The molecule has 1 aliphatic rings. The molecule has 14 heavy (non-hydrogen) atoms. The van der Waals surface area contributed by atoms with Gasteiger partial charge in [0, 0.05) is 30.7 Å². The normalized spacial score (nSPS) is 25.6. The van der Waals surface area contributed by atoms with E-state index in [0.717, 1.165) is 6.42 Å². The van der Waals surface area contributed by atoms with Crippen molar-refractivity contribution in [1.29, 1.82) is 0 Å². The molecule has 0 aliphatic heterocycles. The molecule has 2 heteroatoms. The van der Waals surface area contributed by atoms with Crippen LogP contribution in [0.5, 0.6) is 0 Å². The van der Waals surface area contributed by atoms with Crippen molar-refractivity contribution in [1.82, 2.24) is 4.57 Å². The molecule has 1 heterocycles. The van der Waals surface area contributed by atoms with Crippen LogP contribution < -0.4 is 5.73 Å². The first-order chi connectivity index (χ1) is 6.75. The molecule has 1 aromatic carbocycles. The number of aromatic nitrogens is 1. The fourth-order valence-corrected chi connectivity index (χ4v) is 2.13.